The number of nitrogens with zero attached hydrogens (tertiary/aromatic N) is 2. The summed E-state index contributed by atoms with van der Waals surface area (Å²) in [7, 11) is -0.179. The summed E-state index contributed by atoms with van der Waals surface area (Å²) in [5.41, 5.74) is -0.462. The first-order chi connectivity index (χ1) is 10.5. The molecule has 1 saturated carbocycles. The lowest BCUT2D eigenvalue weighted by molar-refractivity contribution is 0.227. The minimum atomic E-state index is -1.72. The largest absolute Gasteiger partial charge is 0.417 e. The Bertz CT molecular complexity index is 670. The van der Waals surface area contributed by atoms with Crippen molar-refractivity contribution in [3.8, 4) is 0 Å². The molecular weight excluding hydrogens is 308 g/mol. The molecule has 0 saturated heterocycles. The second-order valence-electron chi connectivity index (χ2n) is 8.31. The van der Waals surface area contributed by atoms with Crippen molar-refractivity contribution in [2.24, 2.45) is 13.0 Å². The first-order valence-corrected chi connectivity index (χ1v) is 11.4. The van der Waals surface area contributed by atoms with Crippen molar-refractivity contribution in [2.75, 3.05) is 6.61 Å². The average Bonchev–Trinajstić information content (AvgIpc) is 2.90. The molecule has 2 rings (SSSR count). The highest BCUT2D eigenvalue weighted by molar-refractivity contribution is 6.74. The maximum Gasteiger partial charge on any atom is 0.330 e. The van der Waals surface area contributed by atoms with E-state index in [0.29, 0.717) is 5.92 Å². The summed E-state index contributed by atoms with van der Waals surface area (Å²) in [6.45, 7) is 12.1. The Morgan fingerprint density at radius 1 is 1.26 bits per heavy atom. The standard InChI is InChI=1S/C17H30N2O3Si/c1-17(2,3)23(5,6)22-12-13-7-8-14(11-13)19-10-9-15(20)18(4)16(19)21/h9-10,13-14H,7-8,11-12H2,1-6H3/t13-,14+/m1/s1. The van der Waals surface area contributed by atoms with Gasteiger partial charge in [-0.25, -0.2) is 4.79 Å². The molecule has 0 aromatic carbocycles. The molecule has 0 N–H and O–H groups in total. The van der Waals surface area contributed by atoms with E-state index in [-0.39, 0.29) is 22.3 Å². The van der Waals surface area contributed by atoms with Gasteiger partial charge in [0.05, 0.1) is 0 Å². The summed E-state index contributed by atoms with van der Waals surface area (Å²) < 4.78 is 9.23. The van der Waals surface area contributed by atoms with Crippen LogP contribution in [0.15, 0.2) is 21.9 Å². The van der Waals surface area contributed by atoms with Gasteiger partial charge in [0, 0.05) is 32.0 Å². The molecule has 1 aliphatic rings. The van der Waals surface area contributed by atoms with Gasteiger partial charge in [-0.2, -0.15) is 0 Å². The molecule has 130 valence electrons. The zero-order chi connectivity index (χ0) is 17.4. The number of rotatable bonds is 4. The number of hydrogen-bond acceptors (Lipinski definition) is 3. The number of hydrogen-bond donors (Lipinski definition) is 0. The van der Waals surface area contributed by atoms with Gasteiger partial charge in [-0.05, 0) is 43.3 Å². The summed E-state index contributed by atoms with van der Waals surface area (Å²) in [6.07, 6.45) is 4.65. The fourth-order valence-corrected chi connectivity index (χ4v) is 3.95. The highest BCUT2D eigenvalue weighted by Gasteiger charge is 2.38. The lowest BCUT2D eigenvalue weighted by Crippen LogP contribution is -2.41. The van der Waals surface area contributed by atoms with Gasteiger partial charge in [-0.15, -0.1) is 0 Å². The highest BCUT2D eigenvalue weighted by atomic mass is 28.4. The Labute approximate surface area is 139 Å². The van der Waals surface area contributed by atoms with Crippen molar-refractivity contribution in [1.82, 2.24) is 9.13 Å². The Balaban J connectivity index is 2.01. The molecule has 1 aromatic rings. The molecule has 0 radical (unpaired) electrons. The fraction of sp³-hybridized carbons (Fsp3) is 0.765. The monoisotopic (exact) mass is 338 g/mol. The van der Waals surface area contributed by atoms with Crippen LogP contribution in [0, 0.1) is 5.92 Å². The minimum absolute atomic E-state index is 0.183. The molecule has 2 atom stereocenters. The predicted molar refractivity (Wildman–Crippen MR) is 95.5 cm³/mol. The van der Waals surface area contributed by atoms with Crippen LogP contribution < -0.4 is 11.2 Å². The van der Waals surface area contributed by atoms with Crippen molar-refractivity contribution >= 4 is 8.32 Å². The molecule has 0 bridgehead atoms. The van der Waals surface area contributed by atoms with Crippen LogP contribution in [-0.2, 0) is 11.5 Å². The second kappa shape index (κ2) is 6.40. The van der Waals surface area contributed by atoms with E-state index in [0.717, 1.165) is 25.9 Å². The summed E-state index contributed by atoms with van der Waals surface area (Å²) in [4.78, 5) is 23.7. The molecule has 23 heavy (non-hydrogen) atoms. The Morgan fingerprint density at radius 3 is 2.52 bits per heavy atom. The quantitative estimate of drug-likeness (QED) is 0.793. The van der Waals surface area contributed by atoms with Crippen LogP contribution in [0.25, 0.3) is 0 Å². The maximum absolute atomic E-state index is 12.2. The highest BCUT2D eigenvalue weighted by Crippen LogP contribution is 2.39. The molecule has 5 nitrogen and oxygen atoms in total. The molecule has 0 aliphatic heterocycles. The summed E-state index contributed by atoms with van der Waals surface area (Å²) in [5, 5.41) is 0.222. The van der Waals surface area contributed by atoms with E-state index in [9.17, 15) is 9.59 Å². The molecular formula is C17H30N2O3Si. The SMILES string of the molecule is Cn1c(=O)ccn([C@H]2CC[C@@H](CO[Si](C)(C)C(C)(C)C)C2)c1=O. The van der Waals surface area contributed by atoms with Crippen LogP contribution >= 0.6 is 0 Å². The third-order valence-corrected chi connectivity index (χ3v) is 10.1. The van der Waals surface area contributed by atoms with Crippen LogP contribution in [0.2, 0.25) is 18.1 Å². The fourth-order valence-electron chi connectivity index (χ4n) is 2.86. The van der Waals surface area contributed by atoms with Gasteiger partial charge in [0.1, 0.15) is 0 Å². The van der Waals surface area contributed by atoms with Gasteiger partial charge in [-0.3, -0.25) is 13.9 Å². The van der Waals surface area contributed by atoms with Gasteiger partial charge in [0.15, 0.2) is 8.32 Å². The Hall–Kier alpha value is -1.14. The van der Waals surface area contributed by atoms with E-state index in [1.165, 1.54) is 17.7 Å². The minimum Gasteiger partial charge on any atom is -0.417 e. The van der Waals surface area contributed by atoms with Gasteiger partial charge in [0.25, 0.3) is 5.56 Å². The van der Waals surface area contributed by atoms with Crippen LogP contribution in [-0.4, -0.2) is 24.1 Å². The van der Waals surface area contributed by atoms with Gasteiger partial charge in [0.2, 0.25) is 0 Å². The Morgan fingerprint density at radius 2 is 1.91 bits per heavy atom. The van der Waals surface area contributed by atoms with Crippen molar-refractivity contribution in [2.45, 2.75) is 64.2 Å². The molecule has 1 aliphatic carbocycles. The predicted octanol–water partition coefficient (Wildman–Crippen LogP) is 2.91. The molecule has 1 fully saturated rings. The van der Waals surface area contributed by atoms with E-state index < -0.39 is 8.32 Å². The second-order valence-corrected chi connectivity index (χ2v) is 13.1. The summed E-state index contributed by atoms with van der Waals surface area (Å²) in [5.74, 6) is 0.498. The molecule has 1 aromatic heterocycles. The van der Waals surface area contributed by atoms with E-state index in [2.05, 4.69) is 33.9 Å². The van der Waals surface area contributed by atoms with Crippen molar-refractivity contribution in [3.63, 3.8) is 0 Å². The lowest BCUT2D eigenvalue weighted by Gasteiger charge is -2.37. The van der Waals surface area contributed by atoms with Gasteiger partial charge >= 0.3 is 5.69 Å². The van der Waals surface area contributed by atoms with Gasteiger partial charge < -0.3 is 4.43 Å². The van der Waals surface area contributed by atoms with E-state index in [1.54, 1.807) is 10.8 Å². The topological polar surface area (TPSA) is 53.2 Å². The van der Waals surface area contributed by atoms with Crippen LogP contribution in [0.1, 0.15) is 46.1 Å². The molecule has 0 unspecified atom stereocenters. The third-order valence-electron chi connectivity index (χ3n) is 5.61. The van der Waals surface area contributed by atoms with Crippen molar-refractivity contribution in [3.05, 3.63) is 33.1 Å². The molecule has 6 heteroatoms. The zero-order valence-corrected chi connectivity index (χ0v) is 16.3. The van der Waals surface area contributed by atoms with Crippen LogP contribution in [0.3, 0.4) is 0 Å². The van der Waals surface area contributed by atoms with E-state index in [4.69, 9.17) is 4.43 Å². The molecule has 0 spiro atoms. The number of aromatic nitrogens is 2. The van der Waals surface area contributed by atoms with Crippen molar-refractivity contribution < 1.29 is 4.43 Å². The summed E-state index contributed by atoms with van der Waals surface area (Å²) in [6, 6.07) is 1.66. The Kier molecular flexibility index (Phi) is 5.06. The smallest absolute Gasteiger partial charge is 0.330 e. The zero-order valence-electron chi connectivity index (χ0n) is 15.3. The summed E-state index contributed by atoms with van der Waals surface area (Å²) >= 11 is 0. The van der Waals surface area contributed by atoms with E-state index in [1.807, 2.05) is 0 Å². The lowest BCUT2D eigenvalue weighted by atomic mass is 10.1. The average molecular weight is 339 g/mol. The molecule has 0 amide bonds. The van der Waals surface area contributed by atoms with Gasteiger partial charge in [-0.1, -0.05) is 20.8 Å². The first kappa shape index (κ1) is 18.2. The normalized spacial score (nSPS) is 22.5. The van der Waals surface area contributed by atoms with Crippen molar-refractivity contribution in [1.29, 1.82) is 0 Å². The third kappa shape index (κ3) is 3.86. The van der Waals surface area contributed by atoms with Crippen LogP contribution in [0.4, 0.5) is 0 Å². The van der Waals surface area contributed by atoms with E-state index >= 15 is 0 Å². The molecule has 1 heterocycles. The van der Waals surface area contributed by atoms with Crippen LogP contribution in [0.5, 0.6) is 0 Å². The maximum atomic E-state index is 12.2. The first-order valence-electron chi connectivity index (χ1n) is 8.45.